The molecular weight excluding hydrogens is 344 g/mol. The fourth-order valence-corrected chi connectivity index (χ4v) is 2.59. The Morgan fingerprint density at radius 3 is 2.48 bits per heavy atom. The molecule has 5 N–H and O–H groups in total. The van der Waals surface area contributed by atoms with E-state index in [0.29, 0.717) is 18.0 Å². The Kier molecular flexibility index (Phi) is 8.12. The van der Waals surface area contributed by atoms with Gasteiger partial charge >= 0.3 is 6.03 Å². The van der Waals surface area contributed by atoms with Crippen molar-refractivity contribution < 1.29 is 14.3 Å². The Bertz CT molecular complexity index is 737. The number of urea groups is 1. The van der Waals surface area contributed by atoms with Crippen LogP contribution in [-0.2, 0) is 4.79 Å². The molecule has 144 valence electrons. The normalized spacial score (nSPS) is 11.4. The molecule has 2 rings (SSSR count). The van der Waals surface area contributed by atoms with Gasteiger partial charge in [-0.1, -0.05) is 30.3 Å². The Labute approximate surface area is 159 Å². The largest absolute Gasteiger partial charge is 0.457 e. The Hall–Kier alpha value is -3.06. The number of primary amides is 1. The summed E-state index contributed by atoms with van der Waals surface area (Å²) in [7, 11) is 1.86. The van der Waals surface area contributed by atoms with E-state index in [2.05, 4.69) is 16.0 Å². The standard InChI is InChI=1S/C20H26N4O3/c1-22-11-6-12-23-19(25)14-18(24-20(21)26)15-7-5-10-17(13-15)27-16-8-3-2-4-9-16/h2-5,7-10,13,18,22H,6,11-12,14H2,1H3,(H,23,25)(H3,21,24,26). The van der Waals surface area contributed by atoms with Gasteiger partial charge in [-0.05, 0) is 49.8 Å². The van der Waals surface area contributed by atoms with Gasteiger partial charge in [-0.2, -0.15) is 0 Å². The maximum Gasteiger partial charge on any atom is 0.312 e. The van der Waals surface area contributed by atoms with Gasteiger partial charge in [0.05, 0.1) is 12.5 Å². The number of para-hydroxylation sites is 1. The Morgan fingerprint density at radius 1 is 1.04 bits per heavy atom. The van der Waals surface area contributed by atoms with Crippen molar-refractivity contribution in [2.75, 3.05) is 20.1 Å². The summed E-state index contributed by atoms with van der Waals surface area (Å²) >= 11 is 0. The van der Waals surface area contributed by atoms with E-state index in [-0.39, 0.29) is 12.3 Å². The van der Waals surface area contributed by atoms with Crippen LogP contribution in [0.2, 0.25) is 0 Å². The van der Waals surface area contributed by atoms with Gasteiger partial charge in [0.2, 0.25) is 5.91 Å². The molecule has 0 aliphatic carbocycles. The third kappa shape index (κ3) is 7.37. The predicted octanol–water partition coefficient (Wildman–Crippen LogP) is 2.30. The number of hydrogen-bond donors (Lipinski definition) is 4. The lowest BCUT2D eigenvalue weighted by molar-refractivity contribution is -0.121. The minimum atomic E-state index is -0.683. The molecule has 0 radical (unpaired) electrons. The van der Waals surface area contributed by atoms with E-state index in [4.69, 9.17) is 10.5 Å². The first-order chi connectivity index (χ1) is 13.1. The summed E-state index contributed by atoms with van der Waals surface area (Å²) in [6.07, 6.45) is 0.924. The smallest absolute Gasteiger partial charge is 0.312 e. The Morgan fingerprint density at radius 2 is 1.78 bits per heavy atom. The number of rotatable bonds is 10. The molecule has 3 amide bonds. The SMILES string of the molecule is CNCCCNC(=O)CC(NC(N)=O)c1cccc(Oc2ccccc2)c1. The topological polar surface area (TPSA) is 105 Å². The second-order valence-corrected chi connectivity index (χ2v) is 6.06. The molecule has 0 fully saturated rings. The maximum absolute atomic E-state index is 12.2. The lowest BCUT2D eigenvalue weighted by Crippen LogP contribution is -2.37. The van der Waals surface area contributed by atoms with Gasteiger partial charge < -0.3 is 26.4 Å². The van der Waals surface area contributed by atoms with Gasteiger partial charge in [0.25, 0.3) is 0 Å². The lowest BCUT2D eigenvalue weighted by atomic mass is 10.0. The summed E-state index contributed by atoms with van der Waals surface area (Å²) in [5.74, 6) is 1.17. The summed E-state index contributed by atoms with van der Waals surface area (Å²) in [4.78, 5) is 23.6. The summed E-state index contributed by atoms with van der Waals surface area (Å²) in [5.41, 5.74) is 6.03. The van der Waals surface area contributed by atoms with Crippen LogP contribution in [-0.4, -0.2) is 32.1 Å². The number of hydrogen-bond acceptors (Lipinski definition) is 4. The van der Waals surface area contributed by atoms with E-state index in [1.54, 1.807) is 6.07 Å². The fourth-order valence-electron chi connectivity index (χ4n) is 2.59. The van der Waals surface area contributed by atoms with Crippen LogP contribution in [0.25, 0.3) is 0 Å². The van der Waals surface area contributed by atoms with Gasteiger partial charge in [0.15, 0.2) is 0 Å². The van der Waals surface area contributed by atoms with Crippen molar-refractivity contribution in [2.45, 2.75) is 18.9 Å². The summed E-state index contributed by atoms with van der Waals surface area (Å²) in [6, 6.07) is 15.4. The lowest BCUT2D eigenvalue weighted by Gasteiger charge is -2.18. The molecule has 0 aliphatic heterocycles. The van der Waals surface area contributed by atoms with E-state index in [1.165, 1.54) is 0 Å². The van der Waals surface area contributed by atoms with Crippen LogP contribution in [0.15, 0.2) is 54.6 Å². The number of carbonyl (C=O) groups excluding carboxylic acids is 2. The van der Waals surface area contributed by atoms with Crippen LogP contribution in [0, 0.1) is 0 Å². The quantitative estimate of drug-likeness (QED) is 0.482. The van der Waals surface area contributed by atoms with Gasteiger partial charge in [-0.25, -0.2) is 4.79 Å². The fraction of sp³-hybridized carbons (Fsp3) is 0.300. The third-order valence-corrected chi connectivity index (χ3v) is 3.87. The number of carbonyl (C=O) groups is 2. The van der Waals surface area contributed by atoms with Crippen molar-refractivity contribution in [3.63, 3.8) is 0 Å². The van der Waals surface area contributed by atoms with Crippen LogP contribution in [0.3, 0.4) is 0 Å². The molecule has 27 heavy (non-hydrogen) atoms. The van der Waals surface area contributed by atoms with Crippen LogP contribution < -0.4 is 26.4 Å². The second-order valence-electron chi connectivity index (χ2n) is 6.06. The van der Waals surface area contributed by atoms with Crippen molar-refractivity contribution in [1.29, 1.82) is 0 Å². The maximum atomic E-state index is 12.2. The van der Waals surface area contributed by atoms with E-state index < -0.39 is 12.1 Å². The molecule has 0 bridgehead atoms. The van der Waals surface area contributed by atoms with Crippen LogP contribution in [0.1, 0.15) is 24.4 Å². The first kappa shape index (κ1) is 20.3. The molecule has 7 heteroatoms. The molecule has 0 spiro atoms. The van der Waals surface area contributed by atoms with Gasteiger partial charge in [-0.15, -0.1) is 0 Å². The average molecular weight is 370 g/mol. The molecule has 2 aromatic carbocycles. The van der Waals surface area contributed by atoms with Crippen LogP contribution >= 0.6 is 0 Å². The summed E-state index contributed by atoms with van der Waals surface area (Å²) in [5, 5.41) is 8.49. The minimum Gasteiger partial charge on any atom is -0.457 e. The Balaban J connectivity index is 2.05. The molecule has 0 aliphatic rings. The number of ether oxygens (including phenoxy) is 1. The van der Waals surface area contributed by atoms with Crippen LogP contribution in [0.4, 0.5) is 4.79 Å². The zero-order chi connectivity index (χ0) is 19.5. The zero-order valence-electron chi connectivity index (χ0n) is 15.4. The highest BCUT2D eigenvalue weighted by molar-refractivity contribution is 5.78. The molecule has 0 aromatic heterocycles. The van der Waals surface area contributed by atoms with Gasteiger partial charge in [-0.3, -0.25) is 4.79 Å². The molecule has 7 nitrogen and oxygen atoms in total. The van der Waals surface area contributed by atoms with E-state index in [0.717, 1.165) is 18.5 Å². The van der Waals surface area contributed by atoms with Gasteiger partial charge in [0, 0.05) is 6.54 Å². The van der Waals surface area contributed by atoms with E-state index in [1.807, 2.05) is 55.6 Å². The number of nitrogens with one attached hydrogen (secondary N) is 3. The zero-order valence-corrected chi connectivity index (χ0v) is 15.4. The third-order valence-electron chi connectivity index (χ3n) is 3.87. The average Bonchev–Trinajstić information content (AvgIpc) is 2.65. The second kappa shape index (κ2) is 10.8. The van der Waals surface area contributed by atoms with Crippen LogP contribution in [0.5, 0.6) is 11.5 Å². The van der Waals surface area contributed by atoms with Crippen molar-refractivity contribution in [2.24, 2.45) is 5.73 Å². The van der Waals surface area contributed by atoms with Crippen molar-refractivity contribution in [3.8, 4) is 11.5 Å². The molecule has 0 saturated carbocycles. The molecule has 2 aromatic rings. The molecular formula is C20H26N4O3. The highest BCUT2D eigenvalue weighted by atomic mass is 16.5. The first-order valence-corrected chi connectivity index (χ1v) is 8.88. The van der Waals surface area contributed by atoms with Crippen molar-refractivity contribution >= 4 is 11.9 Å². The first-order valence-electron chi connectivity index (χ1n) is 8.88. The monoisotopic (exact) mass is 370 g/mol. The van der Waals surface area contributed by atoms with E-state index in [9.17, 15) is 9.59 Å². The molecule has 0 heterocycles. The molecule has 1 atom stereocenters. The van der Waals surface area contributed by atoms with Gasteiger partial charge in [0.1, 0.15) is 11.5 Å². The molecule has 0 saturated heterocycles. The number of nitrogens with two attached hydrogens (primary N) is 1. The minimum absolute atomic E-state index is 0.0945. The van der Waals surface area contributed by atoms with Crippen molar-refractivity contribution in [1.82, 2.24) is 16.0 Å². The molecule has 1 unspecified atom stereocenters. The number of benzene rings is 2. The number of amides is 3. The highest BCUT2D eigenvalue weighted by Crippen LogP contribution is 2.25. The van der Waals surface area contributed by atoms with E-state index >= 15 is 0 Å². The van der Waals surface area contributed by atoms with Crippen molar-refractivity contribution in [3.05, 3.63) is 60.2 Å². The highest BCUT2D eigenvalue weighted by Gasteiger charge is 2.18. The summed E-state index contributed by atoms with van der Waals surface area (Å²) < 4.78 is 5.82. The summed E-state index contributed by atoms with van der Waals surface area (Å²) in [6.45, 7) is 1.39. The predicted molar refractivity (Wildman–Crippen MR) is 105 cm³/mol.